The predicted octanol–water partition coefficient (Wildman–Crippen LogP) is 13.1. The second-order valence-corrected chi connectivity index (χ2v) is 42.6. The van der Waals surface area contributed by atoms with Gasteiger partial charge in [0.05, 0.1) is 43.1 Å². The number of hydrogen-bond donors (Lipinski definition) is 3. The Kier molecular flexibility index (Phi) is 52.4. The number of likely N-dealkylation sites (N-methyl/N-ethyl adjacent to an activating group) is 2. The van der Waals surface area contributed by atoms with Crippen molar-refractivity contribution < 1.29 is 53.3 Å². The van der Waals surface area contributed by atoms with Crippen molar-refractivity contribution >= 4 is 41.4 Å². The van der Waals surface area contributed by atoms with Crippen LogP contribution in [0, 0.1) is 17.1 Å². The molecule has 818 valence electrons. The molecule has 0 aliphatic carbocycles. The Balaban J connectivity index is 0.000000193. The number of nitriles is 1. The summed E-state index contributed by atoms with van der Waals surface area (Å²) in [6, 6.07) is 67.8. The highest BCUT2D eigenvalue weighted by Gasteiger charge is 2.39. The number of rotatable bonds is 29. The smallest absolute Gasteiger partial charge is 0.251 e. The largest absolute Gasteiger partial charge is 0.395 e. The number of hydrogen-bond acceptors (Lipinski definition) is 21. The van der Waals surface area contributed by atoms with Crippen LogP contribution in [0.5, 0.6) is 0 Å². The van der Waals surface area contributed by atoms with Gasteiger partial charge in [0.25, 0.3) is 5.91 Å². The van der Waals surface area contributed by atoms with Crippen molar-refractivity contribution in [2.45, 2.75) is 228 Å². The molecular formula is C120H181FN18O10. The summed E-state index contributed by atoms with van der Waals surface area (Å²) in [6.07, 6.45) is 3.06. The molecule has 7 aromatic carbocycles. The molecule has 28 nitrogen and oxygen atoms in total. The number of carbonyl (C=O) groups excluding carboxylic acids is 7. The molecule has 8 fully saturated rings. The Morgan fingerprint density at radius 2 is 0.631 bits per heavy atom. The van der Waals surface area contributed by atoms with E-state index < -0.39 is 18.1 Å². The van der Waals surface area contributed by atoms with E-state index in [2.05, 4.69) is 207 Å². The summed E-state index contributed by atoms with van der Waals surface area (Å²) in [5, 5.41) is 38.5. The Bertz CT molecular complexity index is 5020. The van der Waals surface area contributed by atoms with E-state index in [1.807, 2.05) is 166 Å². The van der Waals surface area contributed by atoms with Gasteiger partial charge in [-0.15, -0.1) is 0 Å². The fourth-order valence-corrected chi connectivity index (χ4v) is 20.6. The Morgan fingerprint density at radius 1 is 0.322 bits per heavy atom. The summed E-state index contributed by atoms with van der Waals surface area (Å²) < 4.78 is 13.1. The lowest BCUT2D eigenvalue weighted by Crippen LogP contribution is -2.53. The first-order chi connectivity index (χ1) is 71.5. The summed E-state index contributed by atoms with van der Waals surface area (Å²) >= 11 is 0. The van der Waals surface area contributed by atoms with Gasteiger partial charge in [-0.25, -0.2) is 4.39 Å². The lowest BCUT2D eigenvalue weighted by atomic mass is 9.98. The van der Waals surface area contributed by atoms with Crippen molar-refractivity contribution in [2.75, 3.05) is 230 Å². The zero-order valence-corrected chi connectivity index (χ0v) is 93.3. The third-order valence-corrected chi connectivity index (χ3v) is 30.4. The van der Waals surface area contributed by atoms with Gasteiger partial charge in [0.2, 0.25) is 35.4 Å². The van der Waals surface area contributed by atoms with E-state index in [-0.39, 0.29) is 72.4 Å². The Labute approximate surface area is 892 Å². The average Bonchev–Trinajstić information content (AvgIpc) is 0.810. The molecule has 29 heteroatoms. The number of benzene rings is 7. The summed E-state index contributed by atoms with van der Waals surface area (Å²) in [6.45, 7) is 62.7. The standard InChI is InChI=1S/C20H31N3O.C19H31N3O.C17H26FN3O.C16H21N3O.3C16H24N2O2/c1-17(2)21-13-15-23(16-14-21)20(24)19(18-9-5-3-6-10-18)22-11-7-4-8-12-22;1-5-20(6-2)18(17-10-8-7-9-11-17)19(23)22-14-12-21(13-15-22)16(3)4;1-13(2)20-9-11-21(12-10-20)17(22)16(19(3)4)14-5-7-15(18)8-6-14;1-13(2)18-7-9-19(10-8-18)16(20)11-14-3-5-15(12-17)6-4-14;1-13(2)17-8-10-18(11-9-17)16(20)15(12-19)14-6-4-3-5-7-14;1-13(2)17-8-10-18(11-9-17)16(20)12-15(19)14-6-4-3-5-7-14;1-13(2)17-8-10-18(11-9-17)16(20)15(19)12-14-6-4-3-5-7-14/h3,5-6,9-10,17,19H,4,7-8,11-16H2,1-2H3;7-11,16,18H,5-6,12-15H2,1-4H3;5-8,13,16H,9-12H2,1-4H3;3-6,13H,7-11H2,1-2H3;3*3-7,13,15,19H,8-12H2,1-2H3. The minimum Gasteiger partial charge on any atom is -0.395 e. The molecule has 149 heavy (non-hydrogen) atoms. The number of aliphatic hydroxyl groups excluding tert-OH is 3. The van der Waals surface area contributed by atoms with Crippen LogP contribution in [0.1, 0.15) is 211 Å². The molecule has 0 radical (unpaired) electrons. The van der Waals surface area contributed by atoms with E-state index in [0.29, 0.717) is 79.7 Å². The zero-order valence-electron chi connectivity index (χ0n) is 93.3. The van der Waals surface area contributed by atoms with Crippen LogP contribution in [0.2, 0.25) is 0 Å². The molecule has 8 aliphatic heterocycles. The Morgan fingerprint density at radius 3 is 0.980 bits per heavy atom. The van der Waals surface area contributed by atoms with Gasteiger partial charge in [-0.3, -0.25) is 82.6 Å². The quantitative estimate of drug-likeness (QED) is 0.0393. The molecule has 0 aromatic heterocycles. The first kappa shape index (κ1) is 122. The minimum absolute atomic E-state index is 0.0436. The monoisotopic (exact) mass is 2050 g/mol. The zero-order chi connectivity index (χ0) is 108. The number of amides is 7. The summed E-state index contributed by atoms with van der Waals surface area (Å²) in [5.41, 5.74) is 7.39. The van der Waals surface area contributed by atoms with Crippen molar-refractivity contribution in [1.29, 1.82) is 5.26 Å². The van der Waals surface area contributed by atoms with E-state index in [4.69, 9.17) is 5.26 Å². The topological polar surface area (TPSA) is 259 Å². The van der Waals surface area contributed by atoms with Crippen molar-refractivity contribution in [1.82, 2.24) is 83.3 Å². The van der Waals surface area contributed by atoms with Crippen molar-refractivity contribution in [2.24, 2.45) is 0 Å². The van der Waals surface area contributed by atoms with Gasteiger partial charge in [0.1, 0.15) is 30.0 Å². The second-order valence-electron chi connectivity index (χ2n) is 42.6. The van der Waals surface area contributed by atoms with E-state index in [0.717, 1.165) is 235 Å². The highest BCUT2D eigenvalue weighted by molar-refractivity contribution is 5.86. The SMILES string of the molecule is CC(C)N1CCN(C(=O)C(CO)c2ccccc2)CC1.CC(C)N1CCN(C(=O)C(O)Cc2ccccc2)CC1.CC(C)N1CCN(C(=O)C(c2ccc(F)cc2)N(C)C)CC1.CC(C)N1CCN(C(=O)C(c2ccccc2)N2CCCCC2)CC1.CC(C)N1CCN(C(=O)CC(O)c2ccccc2)CC1.CC(C)N1CCN(C(=O)Cc2ccc(C#N)cc2)CC1.CCN(CC)C(C(=O)N1CCN(C(C)C)CC1)c1ccccc1. The third kappa shape index (κ3) is 38.8. The van der Waals surface area contributed by atoms with E-state index in [9.17, 15) is 53.3 Å². The summed E-state index contributed by atoms with van der Waals surface area (Å²) in [4.78, 5) is 126. The van der Waals surface area contributed by atoms with Crippen LogP contribution in [0.25, 0.3) is 0 Å². The van der Waals surface area contributed by atoms with E-state index in [1.54, 1.807) is 29.2 Å². The average molecular weight is 2050 g/mol. The van der Waals surface area contributed by atoms with Gasteiger partial charge >= 0.3 is 0 Å². The number of nitrogens with zero attached hydrogens (tertiary/aromatic N) is 18. The molecule has 0 spiro atoms. The number of likely N-dealkylation sites (tertiary alicyclic amines) is 1. The summed E-state index contributed by atoms with van der Waals surface area (Å²) in [5.74, 6) is 0.0677. The van der Waals surface area contributed by atoms with Crippen molar-refractivity contribution in [3.8, 4) is 6.07 Å². The molecule has 7 aromatic rings. The van der Waals surface area contributed by atoms with Gasteiger partial charge in [-0.1, -0.05) is 196 Å². The number of halogens is 1. The van der Waals surface area contributed by atoms with Crippen LogP contribution in [-0.2, 0) is 46.4 Å². The van der Waals surface area contributed by atoms with Gasteiger partial charge in [-0.05, 0) is 213 Å². The third-order valence-electron chi connectivity index (χ3n) is 30.4. The second kappa shape index (κ2) is 63.9. The molecule has 0 bridgehead atoms. The molecule has 8 heterocycles. The van der Waals surface area contributed by atoms with Gasteiger partial charge in [-0.2, -0.15) is 5.26 Å². The normalized spacial score (nSPS) is 18.5. The van der Waals surface area contributed by atoms with E-state index in [1.165, 1.54) is 31.4 Å². The molecule has 0 saturated carbocycles. The first-order valence-corrected chi connectivity index (χ1v) is 55.3. The lowest BCUT2D eigenvalue weighted by molar-refractivity contribution is -0.142. The van der Waals surface area contributed by atoms with Gasteiger partial charge in [0, 0.05) is 232 Å². The maximum atomic E-state index is 13.3. The maximum Gasteiger partial charge on any atom is 0.251 e. The molecule has 7 amide bonds. The van der Waals surface area contributed by atoms with Crippen LogP contribution in [0.4, 0.5) is 4.39 Å². The van der Waals surface area contributed by atoms with Gasteiger partial charge < -0.3 is 49.6 Å². The van der Waals surface area contributed by atoms with Crippen LogP contribution in [-0.4, -0.2) is 418 Å². The number of carbonyl (C=O) groups is 7. The number of piperidine rings is 1. The Hall–Kier alpha value is -10.3. The minimum atomic E-state index is -0.928. The lowest BCUT2D eigenvalue weighted by Gasteiger charge is -2.41. The molecule has 3 N–H and O–H groups in total. The maximum absolute atomic E-state index is 13.3. The van der Waals surface area contributed by atoms with Crippen LogP contribution < -0.4 is 0 Å². The molecule has 6 atom stereocenters. The highest BCUT2D eigenvalue weighted by Crippen LogP contribution is 2.31. The van der Waals surface area contributed by atoms with Crippen LogP contribution in [0.15, 0.2) is 200 Å². The van der Waals surface area contributed by atoms with Crippen LogP contribution >= 0.6 is 0 Å². The predicted molar refractivity (Wildman–Crippen MR) is 596 cm³/mol. The first-order valence-electron chi connectivity index (χ1n) is 55.3. The number of piperazine rings is 7. The van der Waals surface area contributed by atoms with Gasteiger partial charge in [0.15, 0.2) is 0 Å². The molecule has 8 aliphatic rings. The number of aliphatic hydroxyl groups is 3. The molecule has 8 saturated heterocycles. The fraction of sp³-hybridized carbons (Fsp3) is 0.583. The van der Waals surface area contributed by atoms with Crippen LogP contribution in [0.3, 0.4) is 0 Å². The summed E-state index contributed by atoms with van der Waals surface area (Å²) in [7, 11) is 3.77. The molecule has 6 unspecified atom stereocenters. The molecule has 15 rings (SSSR count). The van der Waals surface area contributed by atoms with Crippen molar-refractivity contribution in [3.63, 3.8) is 0 Å². The molecular weight excluding hydrogens is 1870 g/mol. The highest BCUT2D eigenvalue weighted by atomic mass is 19.1. The van der Waals surface area contributed by atoms with E-state index >= 15 is 0 Å². The fourth-order valence-electron chi connectivity index (χ4n) is 20.6. The van der Waals surface area contributed by atoms with Crippen molar-refractivity contribution in [3.05, 3.63) is 251 Å².